The largest absolute Gasteiger partial charge is 0.346 e. The number of carbonyl (C=O) groups excluding carboxylic acids is 1. The molecule has 6 heteroatoms. The van der Waals surface area contributed by atoms with E-state index in [2.05, 4.69) is 54.0 Å². The standard InChI is InChI=1S/C28H30N4O2/c1-18-14-23(17-31(4)28(18)34)27-29-24-11-10-21(22-12-13-30(3)26(33)16-22)15-25(24)32(27)19(2)20-8-6-5-7-9-20/h5-11,14-15,17,19,22H,12-13,16H2,1-4H3. The molecule has 3 heterocycles. The van der Waals surface area contributed by atoms with Crippen molar-refractivity contribution in [2.45, 2.75) is 38.6 Å². The van der Waals surface area contributed by atoms with Gasteiger partial charge in [-0.05, 0) is 55.5 Å². The van der Waals surface area contributed by atoms with E-state index in [1.807, 2.05) is 37.2 Å². The van der Waals surface area contributed by atoms with Gasteiger partial charge in [-0.3, -0.25) is 9.59 Å². The highest BCUT2D eigenvalue weighted by Crippen LogP contribution is 2.35. The summed E-state index contributed by atoms with van der Waals surface area (Å²) in [5, 5.41) is 0. The molecule has 6 nitrogen and oxygen atoms in total. The molecule has 1 amide bonds. The van der Waals surface area contributed by atoms with Crippen LogP contribution in [0.5, 0.6) is 0 Å². The second-order valence-electron chi connectivity index (χ2n) is 9.47. The van der Waals surface area contributed by atoms with E-state index < -0.39 is 0 Å². The number of fused-ring (bicyclic) bond motifs is 1. The summed E-state index contributed by atoms with van der Waals surface area (Å²) in [6.07, 6.45) is 3.36. The maximum atomic E-state index is 12.4. The molecule has 2 unspecified atom stereocenters. The number of likely N-dealkylation sites (tertiary alicyclic amines) is 1. The number of carbonyl (C=O) groups is 1. The Morgan fingerprint density at radius 2 is 1.79 bits per heavy atom. The lowest BCUT2D eigenvalue weighted by Crippen LogP contribution is -2.34. The fourth-order valence-electron chi connectivity index (χ4n) is 5.07. The van der Waals surface area contributed by atoms with Gasteiger partial charge in [0.05, 0.1) is 17.1 Å². The molecular weight excluding hydrogens is 424 g/mol. The Kier molecular flexibility index (Phi) is 5.60. The number of benzene rings is 2. The van der Waals surface area contributed by atoms with Gasteiger partial charge < -0.3 is 14.0 Å². The van der Waals surface area contributed by atoms with Crippen LogP contribution in [0.1, 0.15) is 48.4 Å². The van der Waals surface area contributed by atoms with Crippen LogP contribution in [-0.4, -0.2) is 38.5 Å². The van der Waals surface area contributed by atoms with Crippen molar-refractivity contribution in [1.82, 2.24) is 19.0 Å². The molecule has 1 saturated heterocycles. The molecule has 34 heavy (non-hydrogen) atoms. The lowest BCUT2D eigenvalue weighted by molar-refractivity contribution is -0.132. The zero-order valence-corrected chi connectivity index (χ0v) is 20.2. The minimum Gasteiger partial charge on any atom is -0.346 e. The SMILES string of the molecule is Cc1cc(-c2nc3ccc(C4CCN(C)C(=O)C4)cc3n2C(C)c2ccccc2)cn(C)c1=O. The van der Waals surface area contributed by atoms with Gasteiger partial charge in [-0.25, -0.2) is 4.98 Å². The van der Waals surface area contributed by atoms with Crippen LogP contribution in [0.15, 0.2) is 65.6 Å². The molecule has 1 aliphatic heterocycles. The van der Waals surface area contributed by atoms with Crippen LogP contribution in [0.3, 0.4) is 0 Å². The maximum Gasteiger partial charge on any atom is 0.253 e. The van der Waals surface area contributed by atoms with E-state index in [-0.39, 0.29) is 23.4 Å². The summed E-state index contributed by atoms with van der Waals surface area (Å²) in [6.45, 7) is 4.80. The summed E-state index contributed by atoms with van der Waals surface area (Å²) in [7, 11) is 3.65. The van der Waals surface area contributed by atoms with E-state index in [9.17, 15) is 9.59 Å². The Morgan fingerprint density at radius 1 is 1.03 bits per heavy atom. The van der Waals surface area contributed by atoms with Crippen LogP contribution in [0, 0.1) is 6.92 Å². The smallest absolute Gasteiger partial charge is 0.253 e. The van der Waals surface area contributed by atoms with Crippen molar-refractivity contribution in [2.24, 2.45) is 7.05 Å². The lowest BCUT2D eigenvalue weighted by Gasteiger charge is -2.29. The van der Waals surface area contributed by atoms with Gasteiger partial charge in [0, 0.05) is 44.4 Å². The number of rotatable bonds is 4. The first-order valence-electron chi connectivity index (χ1n) is 11.8. The highest BCUT2D eigenvalue weighted by atomic mass is 16.2. The summed E-state index contributed by atoms with van der Waals surface area (Å²) in [5.41, 5.74) is 5.92. The van der Waals surface area contributed by atoms with Crippen molar-refractivity contribution < 1.29 is 4.79 Å². The first-order valence-corrected chi connectivity index (χ1v) is 11.8. The van der Waals surface area contributed by atoms with E-state index in [0.717, 1.165) is 35.4 Å². The second kappa shape index (κ2) is 8.60. The Labute approximate surface area is 199 Å². The van der Waals surface area contributed by atoms with Crippen molar-refractivity contribution in [3.8, 4) is 11.4 Å². The van der Waals surface area contributed by atoms with Crippen molar-refractivity contribution >= 4 is 16.9 Å². The van der Waals surface area contributed by atoms with Crippen molar-refractivity contribution in [2.75, 3.05) is 13.6 Å². The molecule has 0 spiro atoms. The van der Waals surface area contributed by atoms with Gasteiger partial charge in [0.2, 0.25) is 5.91 Å². The van der Waals surface area contributed by atoms with Gasteiger partial charge in [-0.2, -0.15) is 0 Å². The van der Waals surface area contributed by atoms with E-state index >= 15 is 0 Å². The zero-order chi connectivity index (χ0) is 24.0. The summed E-state index contributed by atoms with van der Waals surface area (Å²) in [6, 6.07) is 18.7. The third-order valence-electron chi connectivity index (χ3n) is 7.13. The fourth-order valence-corrected chi connectivity index (χ4v) is 5.07. The minimum atomic E-state index is -0.00302. The van der Waals surface area contributed by atoms with Crippen molar-refractivity contribution in [1.29, 1.82) is 0 Å². The van der Waals surface area contributed by atoms with Gasteiger partial charge in [-0.1, -0.05) is 36.4 Å². The molecule has 0 saturated carbocycles. The summed E-state index contributed by atoms with van der Waals surface area (Å²) >= 11 is 0. The number of aryl methyl sites for hydroxylation is 2. The molecule has 2 atom stereocenters. The van der Waals surface area contributed by atoms with Gasteiger partial charge in [0.25, 0.3) is 5.56 Å². The van der Waals surface area contributed by atoms with Crippen molar-refractivity contribution in [3.63, 3.8) is 0 Å². The van der Waals surface area contributed by atoms with E-state index in [4.69, 9.17) is 4.98 Å². The molecule has 1 fully saturated rings. The highest BCUT2D eigenvalue weighted by molar-refractivity contribution is 5.83. The number of hydrogen-bond donors (Lipinski definition) is 0. The lowest BCUT2D eigenvalue weighted by atomic mass is 9.89. The van der Waals surface area contributed by atoms with E-state index in [1.54, 1.807) is 11.6 Å². The summed E-state index contributed by atoms with van der Waals surface area (Å²) in [5.74, 6) is 1.25. The number of piperidine rings is 1. The number of nitrogens with zero attached hydrogens (tertiary/aromatic N) is 4. The number of hydrogen-bond acceptors (Lipinski definition) is 3. The van der Waals surface area contributed by atoms with Crippen LogP contribution in [0.2, 0.25) is 0 Å². The number of imidazole rings is 1. The molecule has 0 aliphatic carbocycles. The van der Waals surface area contributed by atoms with E-state index in [1.165, 1.54) is 11.1 Å². The summed E-state index contributed by atoms with van der Waals surface area (Å²) in [4.78, 5) is 31.5. The number of aromatic nitrogens is 3. The number of amides is 1. The number of pyridine rings is 1. The molecule has 0 bridgehead atoms. The Hall–Kier alpha value is -3.67. The average molecular weight is 455 g/mol. The van der Waals surface area contributed by atoms with Gasteiger partial charge in [0.1, 0.15) is 5.82 Å². The first kappa shape index (κ1) is 22.1. The molecular formula is C28H30N4O2. The molecule has 1 aliphatic rings. The van der Waals surface area contributed by atoms with Gasteiger partial charge in [-0.15, -0.1) is 0 Å². The monoisotopic (exact) mass is 454 g/mol. The predicted octanol–water partition coefficient (Wildman–Crippen LogP) is 4.66. The highest BCUT2D eigenvalue weighted by Gasteiger charge is 2.26. The molecule has 2 aromatic carbocycles. The summed E-state index contributed by atoms with van der Waals surface area (Å²) < 4.78 is 3.89. The molecule has 174 valence electrons. The Balaban J connectivity index is 1.70. The molecule has 0 radical (unpaired) electrons. The topological polar surface area (TPSA) is 60.1 Å². The molecule has 2 aromatic heterocycles. The van der Waals surface area contributed by atoms with Crippen LogP contribution < -0.4 is 5.56 Å². The van der Waals surface area contributed by atoms with E-state index in [0.29, 0.717) is 12.0 Å². The maximum absolute atomic E-state index is 12.4. The van der Waals surface area contributed by atoms with Crippen LogP contribution in [-0.2, 0) is 11.8 Å². The fraction of sp³-hybridized carbons (Fsp3) is 0.321. The minimum absolute atomic E-state index is 0.00302. The second-order valence-corrected chi connectivity index (χ2v) is 9.47. The molecule has 0 N–H and O–H groups in total. The first-order chi connectivity index (χ1) is 16.3. The molecule has 5 rings (SSSR count). The normalized spacial score (nSPS) is 17.4. The quantitative estimate of drug-likeness (QED) is 0.451. The van der Waals surface area contributed by atoms with Crippen LogP contribution in [0.25, 0.3) is 22.4 Å². The third-order valence-corrected chi connectivity index (χ3v) is 7.13. The predicted molar refractivity (Wildman–Crippen MR) is 135 cm³/mol. The average Bonchev–Trinajstić information content (AvgIpc) is 3.22. The van der Waals surface area contributed by atoms with Crippen molar-refractivity contribution in [3.05, 3.63) is 87.8 Å². The van der Waals surface area contributed by atoms with Gasteiger partial charge in [0.15, 0.2) is 0 Å². The van der Waals surface area contributed by atoms with Crippen LogP contribution >= 0.6 is 0 Å². The Morgan fingerprint density at radius 3 is 2.50 bits per heavy atom. The Bertz CT molecular complexity index is 1410. The van der Waals surface area contributed by atoms with Crippen LogP contribution in [0.4, 0.5) is 0 Å². The zero-order valence-electron chi connectivity index (χ0n) is 20.2. The van der Waals surface area contributed by atoms with Gasteiger partial charge >= 0.3 is 0 Å². The third kappa shape index (κ3) is 3.83. The molecule has 4 aromatic rings.